The van der Waals surface area contributed by atoms with Gasteiger partial charge in [0.05, 0.1) is 0 Å². The Labute approximate surface area is 162 Å². The smallest absolute Gasteiger partial charge is 0.146 e. The third kappa shape index (κ3) is 5.24. The second-order valence-electron chi connectivity index (χ2n) is 6.33. The standard InChI is InChI=1S/C25H26O2/c1-3-21-14-8-10-16-24(21)26-19-23(18-20-12-6-5-7-13-20)27-25-17-11-9-15-22(25)4-2/h5-18H,3-4,19H2,1-2H3/b23-18+. The zero-order valence-corrected chi connectivity index (χ0v) is 16.0. The summed E-state index contributed by atoms with van der Waals surface area (Å²) in [6, 6.07) is 26.5. The molecule has 0 aromatic heterocycles. The number of ether oxygens (including phenoxy) is 2. The van der Waals surface area contributed by atoms with E-state index in [0.29, 0.717) is 6.61 Å². The average molecular weight is 358 g/mol. The van der Waals surface area contributed by atoms with E-state index >= 15 is 0 Å². The van der Waals surface area contributed by atoms with Crippen LogP contribution in [0.25, 0.3) is 6.08 Å². The van der Waals surface area contributed by atoms with Crippen LogP contribution in [0.5, 0.6) is 11.5 Å². The second kappa shape index (κ2) is 9.63. The maximum Gasteiger partial charge on any atom is 0.146 e. The predicted octanol–water partition coefficient (Wildman–Crippen LogP) is 6.31. The number of hydrogen-bond donors (Lipinski definition) is 0. The lowest BCUT2D eigenvalue weighted by molar-refractivity contribution is 0.280. The van der Waals surface area contributed by atoms with E-state index < -0.39 is 0 Å². The maximum atomic E-state index is 6.27. The first-order valence-corrected chi connectivity index (χ1v) is 9.52. The van der Waals surface area contributed by atoms with Crippen LogP contribution in [-0.2, 0) is 12.8 Å². The van der Waals surface area contributed by atoms with E-state index in [-0.39, 0.29) is 0 Å². The second-order valence-corrected chi connectivity index (χ2v) is 6.33. The molecule has 138 valence electrons. The van der Waals surface area contributed by atoms with Gasteiger partial charge >= 0.3 is 0 Å². The summed E-state index contributed by atoms with van der Waals surface area (Å²) in [6.07, 6.45) is 3.91. The fourth-order valence-corrected chi connectivity index (χ4v) is 2.96. The Morgan fingerprint density at radius 3 is 1.93 bits per heavy atom. The number of hydrogen-bond acceptors (Lipinski definition) is 2. The Balaban J connectivity index is 1.85. The van der Waals surface area contributed by atoms with Crippen molar-refractivity contribution in [2.75, 3.05) is 6.61 Å². The molecule has 0 fully saturated rings. The van der Waals surface area contributed by atoms with E-state index in [4.69, 9.17) is 9.47 Å². The van der Waals surface area contributed by atoms with Crippen LogP contribution in [0.4, 0.5) is 0 Å². The van der Waals surface area contributed by atoms with E-state index in [1.807, 2.05) is 60.7 Å². The van der Waals surface area contributed by atoms with Crippen LogP contribution in [0.15, 0.2) is 84.6 Å². The molecule has 2 heteroatoms. The Bertz CT molecular complexity index is 882. The molecule has 0 amide bonds. The molecule has 3 rings (SSSR count). The summed E-state index contributed by atoms with van der Waals surface area (Å²) in [5.74, 6) is 2.58. The molecule has 0 spiro atoms. The minimum absolute atomic E-state index is 0.379. The highest BCUT2D eigenvalue weighted by Crippen LogP contribution is 2.24. The molecular formula is C25H26O2. The minimum Gasteiger partial charge on any atom is -0.485 e. The normalized spacial score (nSPS) is 11.3. The highest BCUT2D eigenvalue weighted by Gasteiger charge is 2.08. The van der Waals surface area contributed by atoms with Crippen LogP contribution >= 0.6 is 0 Å². The fourth-order valence-electron chi connectivity index (χ4n) is 2.96. The molecule has 0 saturated carbocycles. The topological polar surface area (TPSA) is 18.5 Å². The van der Waals surface area contributed by atoms with Gasteiger partial charge in [-0.3, -0.25) is 0 Å². The third-order valence-electron chi connectivity index (χ3n) is 4.45. The lowest BCUT2D eigenvalue weighted by atomic mass is 10.1. The summed E-state index contributed by atoms with van der Waals surface area (Å²) in [6.45, 7) is 4.65. The Hall–Kier alpha value is -3.00. The molecular weight excluding hydrogens is 332 g/mol. The minimum atomic E-state index is 0.379. The van der Waals surface area contributed by atoms with Crippen molar-refractivity contribution in [3.05, 3.63) is 101 Å². The lowest BCUT2D eigenvalue weighted by Crippen LogP contribution is -2.09. The summed E-state index contributed by atoms with van der Waals surface area (Å²) >= 11 is 0. The highest BCUT2D eigenvalue weighted by atomic mass is 16.5. The van der Waals surface area contributed by atoms with E-state index in [0.717, 1.165) is 35.7 Å². The number of rotatable bonds is 8. The van der Waals surface area contributed by atoms with Gasteiger partial charge in [-0.05, 0) is 47.7 Å². The van der Waals surface area contributed by atoms with Gasteiger partial charge in [0.2, 0.25) is 0 Å². The van der Waals surface area contributed by atoms with E-state index in [9.17, 15) is 0 Å². The fraction of sp³-hybridized carbons (Fsp3) is 0.200. The molecule has 0 atom stereocenters. The summed E-state index contributed by atoms with van der Waals surface area (Å²) in [4.78, 5) is 0. The predicted molar refractivity (Wildman–Crippen MR) is 112 cm³/mol. The van der Waals surface area contributed by atoms with Crippen molar-refractivity contribution in [2.45, 2.75) is 26.7 Å². The number of para-hydroxylation sites is 2. The van der Waals surface area contributed by atoms with Crippen molar-refractivity contribution in [1.29, 1.82) is 0 Å². The van der Waals surface area contributed by atoms with Gasteiger partial charge in [-0.1, -0.05) is 80.6 Å². The molecule has 0 aliphatic rings. The van der Waals surface area contributed by atoms with E-state index in [2.05, 4.69) is 38.1 Å². The van der Waals surface area contributed by atoms with Gasteiger partial charge in [-0.2, -0.15) is 0 Å². The molecule has 0 radical (unpaired) electrons. The van der Waals surface area contributed by atoms with Crippen LogP contribution in [0, 0.1) is 0 Å². The first kappa shape index (κ1) is 18.8. The van der Waals surface area contributed by atoms with Gasteiger partial charge < -0.3 is 9.47 Å². The van der Waals surface area contributed by atoms with Crippen LogP contribution in [0.3, 0.4) is 0 Å². The molecule has 0 bridgehead atoms. The average Bonchev–Trinajstić information content (AvgIpc) is 2.73. The van der Waals surface area contributed by atoms with Crippen molar-refractivity contribution >= 4 is 6.08 Å². The van der Waals surface area contributed by atoms with Gasteiger partial charge in [0.1, 0.15) is 23.9 Å². The number of aryl methyl sites for hydroxylation is 2. The summed E-state index contributed by atoms with van der Waals surface area (Å²) in [5, 5.41) is 0. The molecule has 2 nitrogen and oxygen atoms in total. The SMILES string of the molecule is CCc1ccccc1OC/C(=C\c1ccccc1)Oc1ccccc1CC. The van der Waals surface area contributed by atoms with Crippen LogP contribution < -0.4 is 9.47 Å². The molecule has 0 saturated heterocycles. The monoisotopic (exact) mass is 358 g/mol. The molecule has 0 unspecified atom stereocenters. The van der Waals surface area contributed by atoms with Crippen molar-refractivity contribution < 1.29 is 9.47 Å². The lowest BCUT2D eigenvalue weighted by Gasteiger charge is -2.16. The summed E-state index contributed by atoms with van der Waals surface area (Å²) < 4.78 is 12.4. The van der Waals surface area contributed by atoms with Gasteiger partial charge in [0.25, 0.3) is 0 Å². The molecule has 0 aliphatic heterocycles. The third-order valence-corrected chi connectivity index (χ3v) is 4.45. The zero-order chi connectivity index (χ0) is 18.9. The molecule has 3 aromatic rings. The van der Waals surface area contributed by atoms with Gasteiger partial charge in [-0.25, -0.2) is 0 Å². The van der Waals surface area contributed by atoms with Gasteiger partial charge in [0.15, 0.2) is 0 Å². The number of benzene rings is 3. The molecule has 3 aromatic carbocycles. The molecule has 0 heterocycles. The van der Waals surface area contributed by atoms with Crippen molar-refractivity contribution in [3.8, 4) is 11.5 Å². The zero-order valence-electron chi connectivity index (χ0n) is 16.0. The first-order chi connectivity index (χ1) is 13.3. The first-order valence-electron chi connectivity index (χ1n) is 9.52. The van der Waals surface area contributed by atoms with E-state index in [1.165, 1.54) is 11.1 Å². The summed E-state index contributed by atoms with van der Waals surface area (Å²) in [7, 11) is 0. The Morgan fingerprint density at radius 2 is 1.26 bits per heavy atom. The molecule has 0 aliphatic carbocycles. The largest absolute Gasteiger partial charge is 0.485 e. The molecule has 27 heavy (non-hydrogen) atoms. The summed E-state index contributed by atoms with van der Waals surface area (Å²) in [5.41, 5.74) is 3.48. The van der Waals surface area contributed by atoms with Crippen molar-refractivity contribution in [3.63, 3.8) is 0 Å². The van der Waals surface area contributed by atoms with Crippen LogP contribution in [0.1, 0.15) is 30.5 Å². The van der Waals surface area contributed by atoms with Crippen molar-refractivity contribution in [2.24, 2.45) is 0 Å². The quantitative estimate of drug-likeness (QED) is 0.439. The Morgan fingerprint density at radius 1 is 0.704 bits per heavy atom. The van der Waals surface area contributed by atoms with Crippen LogP contribution in [0.2, 0.25) is 0 Å². The Kier molecular flexibility index (Phi) is 6.70. The highest BCUT2D eigenvalue weighted by molar-refractivity contribution is 5.52. The van der Waals surface area contributed by atoms with Crippen molar-refractivity contribution in [1.82, 2.24) is 0 Å². The van der Waals surface area contributed by atoms with Crippen LogP contribution in [-0.4, -0.2) is 6.61 Å². The molecule has 0 N–H and O–H groups in total. The van der Waals surface area contributed by atoms with Gasteiger partial charge in [0, 0.05) is 0 Å². The maximum absolute atomic E-state index is 6.27. The van der Waals surface area contributed by atoms with E-state index in [1.54, 1.807) is 0 Å². The van der Waals surface area contributed by atoms with Gasteiger partial charge in [-0.15, -0.1) is 0 Å².